The molecule has 16 heavy (non-hydrogen) atoms. The van der Waals surface area contributed by atoms with Crippen molar-refractivity contribution in [3.63, 3.8) is 0 Å². The SMILES string of the molecule is Cc1ccc(Oc2cccc(C)c2C)nc1. The fourth-order valence-electron chi connectivity index (χ4n) is 1.46. The second kappa shape index (κ2) is 4.35. The molecule has 0 aliphatic carbocycles. The smallest absolute Gasteiger partial charge is 0.219 e. The van der Waals surface area contributed by atoms with Crippen molar-refractivity contribution in [2.24, 2.45) is 0 Å². The molecule has 1 aromatic heterocycles. The van der Waals surface area contributed by atoms with Gasteiger partial charge in [-0.1, -0.05) is 18.2 Å². The van der Waals surface area contributed by atoms with E-state index in [0.717, 1.165) is 16.9 Å². The van der Waals surface area contributed by atoms with Crippen LogP contribution >= 0.6 is 0 Å². The largest absolute Gasteiger partial charge is 0.439 e. The van der Waals surface area contributed by atoms with E-state index in [1.165, 1.54) is 5.56 Å². The Morgan fingerprint density at radius 1 is 1.00 bits per heavy atom. The van der Waals surface area contributed by atoms with Crippen LogP contribution in [0.3, 0.4) is 0 Å². The zero-order valence-electron chi connectivity index (χ0n) is 9.82. The van der Waals surface area contributed by atoms with Crippen molar-refractivity contribution in [2.75, 3.05) is 0 Å². The first-order valence-corrected chi connectivity index (χ1v) is 5.33. The normalized spacial score (nSPS) is 10.2. The van der Waals surface area contributed by atoms with E-state index in [1.807, 2.05) is 31.2 Å². The topological polar surface area (TPSA) is 22.1 Å². The van der Waals surface area contributed by atoms with Crippen molar-refractivity contribution in [1.29, 1.82) is 0 Å². The van der Waals surface area contributed by atoms with Crippen LogP contribution in [-0.4, -0.2) is 4.98 Å². The van der Waals surface area contributed by atoms with Crippen LogP contribution in [0, 0.1) is 20.8 Å². The highest BCUT2D eigenvalue weighted by Crippen LogP contribution is 2.25. The zero-order chi connectivity index (χ0) is 11.5. The lowest BCUT2D eigenvalue weighted by atomic mass is 10.1. The highest BCUT2D eigenvalue weighted by molar-refractivity contribution is 5.40. The van der Waals surface area contributed by atoms with Crippen molar-refractivity contribution in [2.45, 2.75) is 20.8 Å². The van der Waals surface area contributed by atoms with Gasteiger partial charge in [-0.05, 0) is 43.5 Å². The van der Waals surface area contributed by atoms with Crippen molar-refractivity contribution in [1.82, 2.24) is 4.98 Å². The second-order valence-electron chi connectivity index (χ2n) is 3.97. The molecule has 1 heterocycles. The van der Waals surface area contributed by atoms with Gasteiger partial charge in [-0.25, -0.2) is 4.98 Å². The van der Waals surface area contributed by atoms with E-state index >= 15 is 0 Å². The molecule has 0 bridgehead atoms. The molecule has 2 heteroatoms. The maximum atomic E-state index is 5.73. The van der Waals surface area contributed by atoms with Crippen LogP contribution in [-0.2, 0) is 0 Å². The highest BCUT2D eigenvalue weighted by Gasteiger charge is 2.03. The summed E-state index contributed by atoms with van der Waals surface area (Å²) in [5.41, 5.74) is 3.52. The quantitative estimate of drug-likeness (QED) is 0.757. The number of aryl methyl sites for hydroxylation is 2. The predicted octanol–water partition coefficient (Wildman–Crippen LogP) is 3.80. The fourth-order valence-corrected chi connectivity index (χ4v) is 1.46. The Morgan fingerprint density at radius 2 is 1.81 bits per heavy atom. The molecule has 2 aromatic rings. The minimum absolute atomic E-state index is 0.638. The summed E-state index contributed by atoms with van der Waals surface area (Å²) in [7, 11) is 0. The summed E-state index contributed by atoms with van der Waals surface area (Å²) < 4.78 is 5.73. The monoisotopic (exact) mass is 213 g/mol. The molecular formula is C14H15NO. The molecule has 2 nitrogen and oxygen atoms in total. The average Bonchev–Trinajstić information content (AvgIpc) is 2.28. The number of nitrogens with zero attached hydrogens (tertiary/aromatic N) is 1. The summed E-state index contributed by atoms with van der Waals surface area (Å²) in [6.07, 6.45) is 1.81. The van der Waals surface area contributed by atoms with Gasteiger partial charge in [0.05, 0.1) is 0 Å². The minimum Gasteiger partial charge on any atom is -0.439 e. The van der Waals surface area contributed by atoms with Gasteiger partial charge in [0.15, 0.2) is 0 Å². The molecule has 82 valence electrons. The molecule has 2 rings (SSSR count). The van der Waals surface area contributed by atoms with Crippen LogP contribution in [0.5, 0.6) is 11.6 Å². The highest BCUT2D eigenvalue weighted by atomic mass is 16.5. The van der Waals surface area contributed by atoms with Gasteiger partial charge in [0, 0.05) is 12.3 Å². The number of ether oxygens (including phenoxy) is 1. The predicted molar refractivity (Wildman–Crippen MR) is 65.0 cm³/mol. The summed E-state index contributed by atoms with van der Waals surface area (Å²) in [6, 6.07) is 9.91. The average molecular weight is 213 g/mol. The maximum Gasteiger partial charge on any atom is 0.219 e. The molecule has 0 spiro atoms. The van der Waals surface area contributed by atoms with E-state index in [2.05, 4.69) is 24.9 Å². The third-order valence-electron chi connectivity index (χ3n) is 2.65. The van der Waals surface area contributed by atoms with Crippen molar-refractivity contribution < 1.29 is 4.74 Å². The lowest BCUT2D eigenvalue weighted by Gasteiger charge is -2.09. The number of pyridine rings is 1. The van der Waals surface area contributed by atoms with Crippen LogP contribution in [0.25, 0.3) is 0 Å². The molecule has 0 fully saturated rings. The molecule has 1 aromatic carbocycles. The van der Waals surface area contributed by atoms with Gasteiger partial charge in [0.1, 0.15) is 5.75 Å². The van der Waals surface area contributed by atoms with Crippen LogP contribution in [0.4, 0.5) is 0 Å². The molecule has 0 radical (unpaired) electrons. The molecule has 0 aliphatic rings. The summed E-state index contributed by atoms with van der Waals surface area (Å²) >= 11 is 0. The summed E-state index contributed by atoms with van der Waals surface area (Å²) in [6.45, 7) is 6.14. The third-order valence-corrected chi connectivity index (χ3v) is 2.65. The van der Waals surface area contributed by atoms with E-state index in [4.69, 9.17) is 4.74 Å². The summed E-state index contributed by atoms with van der Waals surface area (Å²) in [5.74, 6) is 1.51. The van der Waals surface area contributed by atoms with E-state index < -0.39 is 0 Å². The number of hydrogen-bond acceptors (Lipinski definition) is 2. The van der Waals surface area contributed by atoms with Gasteiger partial charge >= 0.3 is 0 Å². The van der Waals surface area contributed by atoms with E-state index in [9.17, 15) is 0 Å². The number of hydrogen-bond donors (Lipinski definition) is 0. The first-order chi connectivity index (χ1) is 7.66. The van der Waals surface area contributed by atoms with Crippen molar-refractivity contribution >= 4 is 0 Å². The lowest BCUT2D eigenvalue weighted by Crippen LogP contribution is -1.91. The van der Waals surface area contributed by atoms with Gasteiger partial charge in [0.2, 0.25) is 5.88 Å². The molecule has 0 amide bonds. The van der Waals surface area contributed by atoms with Gasteiger partial charge in [-0.15, -0.1) is 0 Å². The van der Waals surface area contributed by atoms with E-state index in [0.29, 0.717) is 5.88 Å². The molecule has 0 atom stereocenters. The second-order valence-corrected chi connectivity index (χ2v) is 3.97. The van der Waals surface area contributed by atoms with Gasteiger partial charge < -0.3 is 4.74 Å². The van der Waals surface area contributed by atoms with Crippen molar-refractivity contribution in [3.05, 3.63) is 53.2 Å². The summed E-state index contributed by atoms with van der Waals surface area (Å²) in [5, 5.41) is 0. The van der Waals surface area contributed by atoms with Crippen LogP contribution in [0.15, 0.2) is 36.5 Å². The lowest BCUT2D eigenvalue weighted by molar-refractivity contribution is 0.459. The minimum atomic E-state index is 0.638. The van der Waals surface area contributed by atoms with E-state index in [1.54, 1.807) is 6.20 Å². The molecule has 0 N–H and O–H groups in total. The molecule has 0 saturated heterocycles. The number of benzene rings is 1. The zero-order valence-corrected chi connectivity index (χ0v) is 9.82. The van der Waals surface area contributed by atoms with E-state index in [-0.39, 0.29) is 0 Å². The van der Waals surface area contributed by atoms with Gasteiger partial charge in [-0.2, -0.15) is 0 Å². The Morgan fingerprint density at radius 3 is 2.50 bits per heavy atom. The first kappa shape index (κ1) is 10.7. The van der Waals surface area contributed by atoms with Gasteiger partial charge in [-0.3, -0.25) is 0 Å². The Bertz CT molecular complexity index is 489. The Balaban J connectivity index is 2.27. The fraction of sp³-hybridized carbons (Fsp3) is 0.214. The van der Waals surface area contributed by atoms with Gasteiger partial charge in [0.25, 0.3) is 0 Å². The van der Waals surface area contributed by atoms with Crippen LogP contribution < -0.4 is 4.74 Å². The molecule has 0 aliphatic heterocycles. The third kappa shape index (κ3) is 2.22. The molecule has 0 unspecified atom stereocenters. The number of rotatable bonds is 2. The maximum absolute atomic E-state index is 5.73. The Kier molecular flexibility index (Phi) is 2.91. The molecule has 0 saturated carbocycles. The first-order valence-electron chi connectivity index (χ1n) is 5.33. The Labute approximate surface area is 95.9 Å². The van der Waals surface area contributed by atoms with Crippen LogP contribution in [0.1, 0.15) is 16.7 Å². The standard InChI is InChI=1S/C14H15NO/c1-10-7-8-14(15-9-10)16-13-6-4-5-11(2)12(13)3/h4-9H,1-3H3. The number of aromatic nitrogens is 1. The van der Waals surface area contributed by atoms with Crippen molar-refractivity contribution in [3.8, 4) is 11.6 Å². The summed E-state index contributed by atoms with van der Waals surface area (Å²) in [4.78, 5) is 4.22. The van der Waals surface area contributed by atoms with Crippen LogP contribution in [0.2, 0.25) is 0 Å². The molecular weight excluding hydrogens is 198 g/mol. The Hall–Kier alpha value is -1.83.